The van der Waals surface area contributed by atoms with Crippen molar-refractivity contribution in [2.75, 3.05) is 12.3 Å². The number of anilines is 1. The number of thiophene rings is 1. The Morgan fingerprint density at radius 2 is 2.32 bits per heavy atom. The summed E-state index contributed by atoms with van der Waals surface area (Å²) in [5.41, 5.74) is 6.77. The first-order valence-electron chi connectivity index (χ1n) is 6.68. The molecule has 1 aliphatic heterocycles. The average Bonchev–Trinajstić information content (AvgIpc) is 2.92. The van der Waals surface area contributed by atoms with Crippen molar-refractivity contribution in [3.63, 3.8) is 0 Å². The van der Waals surface area contributed by atoms with Crippen molar-refractivity contribution in [1.82, 2.24) is 14.9 Å². The quantitative estimate of drug-likeness (QED) is 0.935. The van der Waals surface area contributed by atoms with Crippen LogP contribution in [0.5, 0.6) is 0 Å². The normalized spacial score (nSPS) is 20.5. The van der Waals surface area contributed by atoms with Gasteiger partial charge in [0.15, 0.2) is 0 Å². The SMILES string of the molecule is Nc1nccc(C2CCCCN2Cc2cccs2)n1. The molecule has 1 aliphatic rings. The van der Waals surface area contributed by atoms with Crippen molar-refractivity contribution in [1.29, 1.82) is 0 Å². The second-order valence-electron chi connectivity index (χ2n) is 4.90. The minimum atomic E-state index is 0.374. The molecule has 1 unspecified atom stereocenters. The summed E-state index contributed by atoms with van der Waals surface area (Å²) < 4.78 is 0. The Hall–Kier alpha value is -1.46. The topological polar surface area (TPSA) is 55.0 Å². The maximum Gasteiger partial charge on any atom is 0.220 e. The van der Waals surface area contributed by atoms with Gasteiger partial charge in [0.25, 0.3) is 0 Å². The molecule has 0 spiro atoms. The maximum atomic E-state index is 5.71. The Labute approximate surface area is 117 Å². The Balaban J connectivity index is 1.80. The number of nitrogens with two attached hydrogens (primary N) is 1. The lowest BCUT2D eigenvalue weighted by Gasteiger charge is -2.35. The van der Waals surface area contributed by atoms with Crippen molar-refractivity contribution in [2.24, 2.45) is 0 Å². The molecule has 0 aromatic carbocycles. The van der Waals surface area contributed by atoms with E-state index in [2.05, 4.69) is 32.4 Å². The molecule has 2 aromatic heterocycles. The highest BCUT2D eigenvalue weighted by Gasteiger charge is 2.25. The van der Waals surface area contributed by atoms with Gasteiger partial charge in [-0.1, -0.05) is 12.5 Å². The molecule has 19 heavy (non-hydrogen) atoms. The number of nitrogen functional groups attached to an aromatic ring is 1. The van der Waals surface area contributed by atoms with E-state index in [1.165, 1.54) is 17.7 Å². The summed E-state index contributed by atoms with van der Waals surface area (Å²) in [6, 6.07) is 6.68. The summed E-state index contributed by atoms with van der Waals surface area (Å²) in [6.45, 7) is 2.14. The van der Waals surface area contributed by atoms with Gasteiger partial charge in [0.2, 0.25) is 5.95 Å². The summed E-state index contributed by atoms with van der Waals surface area (Å²) in [5, 5.41) is 2.14. The number of aromatic nitrogens is 2. The second kappa shape index (κ2) is 5.67. The van der Waals surface area contributed by atoms with Gasteiger partial charge in [0.05, 0.1) is 11.7 Å². The highest BCUT2D eigenvalue weighted by Crippen LogP contribution is 2.31. The lowest BCUT2D eigenvalue weighted by atomic mass is 9.99. The Morgan fingerprint density at radius 3 is 3.11 bits per heavy atom. The molecule has 5 heteroatoms. The molecule has 2 aromatic rings. The Bertz CT molecular complexity index is 526. The second-order valence-corrected chi connectivity index (χ2v) is 5.93. The highest BCUT2D eigenvalue weighted by molar-refractivity contribution is 7.09. The molecule has 1 atom stereocenters. The number of likely N-dealkylation sites (tertiary alicyclic amines) is 1. The lowest BCUT2D eigenvalue weighted by molar-refractivity contribution is 0.138. The molecule has 0 saturated carbocycles. The molecule has 0 bridgehead atoms. The molecule has 3 heterocycles. The molecule has 0 amide bonds. The van der Waals surface area contributed by atoms with Crippen LogP contribution in [-0.4, -0.2) is 21.4 Å². The number of rotatable bonds is 3. The van der Waals surface area contributed by atoms with Crippen LogP contribution in [0.15, 0.2) is 29.8 Å². The van der Waals surface area contributed by atoms with Gasteiger partial charge < -0.3 is 5.73 Å². The van der Waals surface area contributed by atoms with E-state index in [9.17, 15) is 0 Å². The predicted molar refractivity (Wildman–Crippen MR) is 77.8 cm³/mol. The van der Waals surface area contributed by atoms with E-state index in [0.29, 0.717) is 12.0 Å². The number of nitrogens with zero attached hydrogens (tertiary/aromatic N) is 3. The van der Waals surface area contributed by atoms with Gasteiger partial charge in [-0.25, -0.2) is 9.97 Å². The van der Waals surface area contributed by atoms with Crippen molar-refractivity contribution < 1.29 is 0 Å². The maximum absolute atomic E-state index is 5.71. The molecule has 1 fully saturated rings. The molecule has 1 saturated heterocycles. The first-order valence-corrected chi connectivity index (χ1v) is 7.56. The van der Waals surface area contributed by atoms with Crippen molar-refractivity contribution in [3.8, 4) is 0 Å². The third kappa shape index (κ3) is 2.93. The largest absolute Gasteiger partial charge is 0.368 e. The zero-order chi connectivity index (χ0) is 13.1. The summed E-state index contributed by atoms with van der Waals surface area (Å²) in [6.07, 6.45) is 5.44. The molecule has 3 rings (SSSR count). The van der Waals surface area contributed by atoms with Gasteiger partial charge in [0.1, 0.15) is 0 Å². The van der Waals surface area contributed by atoms with Crippen molar-refractivity contribution >= 4 is 17.3 Å². The zero-order valence-corrected chi connectivity index (χ0v) is 11.6. The Kier molecular flexibility index (Phi) is 3.75. The van der Waals surface area contributed by atoms with Gasteiger partial charge in [-0.3, -0.25) is 4.90 Å². The van der Waals surface area contributed by atoms with Gasteiger partial charge in [-0.05, 0) is 36.9 Å². The van der Waals surface area contributed by atoms with E-state index in [0.717, 1.165) is 25.2 Å². The van der Waals surface area contributed by atoms with E-state index in [1.807, 2.05) is 17.4 Å². The molecule has 100 valence electrons. The van der Waals surface area contributed by atoms with E-state index in [4.69, 9.17) is 5.73 Å². The molecular formula is C14H18N4S. The third-order valence-corrected chi connectivity index (χ3v) is 4.45. The van der Waals surface area contributed by atoms with Crippen molar-refractivity contribution in [2.45, 2.75) is 31.8 Å². The average molecular weight is 274 g/mol. The van der Waals surface area contributed by atoms with E-state index in [-0.39, 0.29) is 0 Å². The van der Waals surface area contributed by atoms with E-state index >= 15 is 0 Å². The fourth-order valence-electron chi connectivity index (χ4n) is 2.69. The summed E-state index contributed by atoms with van der Waals surface area (Å²) in [7, 11) is 0. The van der Waals surface area contributed by atoms with Crippen LogP contribution in [0, 0.1) is 0 Å². The molecule has 2 N–H and O–H groups in total. The zero-order valence-electron chi connectivity index (χ0n) is 10.8. The molecule has 0 aliphatic carbocycles. The predicted octanol–water partition coefficient (Wildman–Crippen LogP) is 2.85. The third-order valence-electron chi connectivity index (χ3n) is 3.59. The minimum absolute atomic E-state index is 0.374. The molecule has 0 radical (unpaired) electrons. The van der Waals surface area contributed by atoms with Gasteiger partial charge in [0, 0.05) is 17.6 Å². The van der Waals surface area contributed by atoms with Gasteiger partial charge >= 0.3 is 0 Å². The van der Waals surface area contributed by atoms with Crippen LogP contribution >= 0.6 is 11.3 Å². The van der Waals surface area contributed by atoms with E-state index in [1.54, 1.807) is 6.20 Å². The summed E-state index contributed by atoms with van der Waals surface area (Å²) in [4.78, 5) is 12.3. The first-order chi connectivity index (χ1) is 9.33. The number of hydrogen-bond acceptors (Lipinski definition) is 5. The lowest BCUT2D eigenvalue weighted by Crippen LogP contribution is -2.33. The van der Waals surface area contributed by atoms with Crippen molar-refractivity contribution in [3.05, 3.63) is 40.3 Å². The van der Waals surface area contributed by atoms with Crippen LogP contribution in [0.25, 0.3) is 0 Å². The van der Waals surface area contributed by atoms with Gasteiger partial charge in [-0.15, -0.1) is 11.3 Å². The smallest absolute Gasteiger partial charge is 0.220 e. The first kappa shape index (κ1) is 12.6. The van der Waals surface area contributed by atoms with Crippen LogP contribution in [0.3, 0.4) is 0 Å². The fourth-order valence-corrected chi connectivity index (χ4v) is 3.42. The summed E-state index contributed by atoms with van der Waals surface area (Å²) >= 11 is 1.82. The van der Waals surface area contributed by atoms with Crippen LogP contribution < -0.4 is 5.73 Å². The van der Waals surface area contributed by atoms with Gasteiger partial charge in [-0.2, -0.15) is 0 Å². The highest BCUT2D eigenvalue weighted by atomic mass is 32.1. The molecular weight excluding hydrogens is 256 g/mol. The summed E-state index contributed by atoms with van der Waals surface area (Å²) in [5.74, 6) is 0.374. The molecule has 4 nitrogen and oxygen atoms in total. The van der Waals surface area contributed by atoms with Crippen LogP contribution in [0.1, 0.15) is 35.9 Å². The van der Waals surface area contributed by atoms with Crippen LogP contribution in [0.2, 0.25) is 0 Å². The minimum Gasteiger partial charge on any atom is -0.368 e. The fraction of sp³-hybridized carbons (Fsp3) is 0.429. The van der Waals surface area contributed by atoms with E-state index < -0.39 is 0 Å². The number of hydrogen-bond donors (Lipinski definition) is 1. The Morgan fingerprint density at radius 1 is 1.37 bits per heavy atom. The monoisotopic (exact) mass is 274 g/mol. The van der Waals surface area contributed by atoms with Crippen LogP contribution in [0.4, 0.5) is 5.95 Å². The van der Waals surface area contributed by atoms with Crippen LogP contribution in [-0.2, 0) is 6.54 Å². The number of piperidine rings is 1. The standard InChI is InChI=1S/C14H18N4S/c15-14-16-7-6-12(17-14)13-5-1-2-8-18(13)10-11-4-3-9-19-11/h3-4,6-7,9,13H,1-2,5,8,10H2,(H2,15,16,17).